The first-order valence-corrected chi connectivity index (χ1v) is 11.3. The van der Waals surface area contributed by atoms with Crippen molar-refractivity contribution in [3.05, 3.63) is 59.7 Å². The quantitative estimate of drug-likeness (QED) is 0.509. The molecule has 0 spiro atoms. The van der Waals surface area contributed by atoms with Crippen LogP contribution < -0.4 is 10.8 Å². The molecule has 1 fully saturated rings. The Morgan fingerprint density at radius 2 is 1.65 bits per heavy atom. The van der Waals surface area contributed by atoms with Gasteiger partial charge in [-0.25, -0.2) is 15.1 Å². The first-order valence-electron chi connectivity index (χ1n) is 11.3. The Morgan fingerprint density at radius 1 is 1.06 bits per heavy atom. The van der Waals surface area contributed by atoms with E-state index in [2.05, 4.69) is 22.9 Å². The second-order valence-corrected chi connectivity index (χ2v) is 8.64. The molecule has 2 aliphatic rings. The summed E-state index contributed by atoms with van der Waals surface area (Å²) in [4.78, 5) is 41.0. The van der Waals surface area contributed by atoms with Gasteiger partial charge in [-0.3, -0.25) is 9.63 Å². The fraction of sp³-hybridized carbons (Fsp3) is 0.400. The number of rotatable bonds is 8. The summed E-state index contributed by atoms with van der Waals surface area (Å²) in [5.41, 5.74) is 5.78. The zero-order valence-electron chi connectivity index (χ0n) is 18.9. The van der Waals surface area contributed by atoms with Gasteiger partial charge in [-0.1, -0.05) is 48.5 Å². The zero-order chi connectivity index (χ0) is 24.1. The molecule has 9 heteroatoms. The molecule has 34 heavy (non-hydrogen) atoms. The van der Waals surface area contributed by atoms with Crippen LogP contribution in [0.5, 0.6) is 0 Å². The summed E-state index contributed by atoms with van der Waals surface area (Å²) >= 11 is 0. The summed E-state index contributed by atoms with van der Waals surface area (Å²) in [6, 6.07) is 16.2. The normalized spacial score (nSPS) is 17.2. The Kier molecular flexibility index (Phi) is 7.14. The molecule has 3 N–H and O–H groups in total. The van der Waals surface area contributed by atoms with Crippen molar-refractivity contribution in [3.63, 3.8) is 0 Å². The predicted molar refractivity (Wildman–Crippen MR) is 122 cm³/mol. The molecule has 1 aliphatic heterocycles. The molecule has 1 unspecified atom stereocenters. The fourth-order valence-corrected chi connectivity index (χ4v) is 4.51. The summed E-state index contributed by atoms with van der Waals surface area (Å²) in [5, 5.41) is 11.8. The highest BCUT2D eigenvalue weighted by Gasteiger charge is 2.38. The molecule has 0 saturated carbocycles. The van der Waals surface area contributed by atoms with Gasteiger partial charge < -0.3 is 19.9 Å². The summed E-state index contributed by atoms with van der Waals surface area (Å²) < 4.78 is 11.1. The van der Waals surface area contributed by atoms with Crippen LogP contribution in [0, 0.1) is 0 Å². The average molecular weight is 469 g/mol. The molecule has 4 rings (SSSR count). The van der Waals surface area contributed by atoms with Crippen molar-refractivity contribution in [2.75, 3.05) is 19.8 Å². The number of hydrogen-bond acceptors (Lipinski definition) is 6. The first-order chi connectivity index (χ1) is 16.4. The van der Waals surface area contributed by atoms with Crippen LogP contribution in [-0.4, -0.2) is 54.5 Å². The van der Waals surface area contributed by atoms with Gasteiger partial charge in [-0.15, -0.1) is 0 Å². The van der Waals surface area contributed by atoms with Gasteiger partial charge in [0.25, 0.3) is 0 Å². The van der Waals surface area contributed by atoms with Crippen LogP contribution in [0.2, 0.25) is 0 Å². The van der Waals surface area contributed by atoms with Gasteiger partial charge in [0.1, 0.15) is 6.61 Å². The summed E-state index contributed by atoms with van der Waals surface area (Å²) in [7, 11) is 0. The number of alkyl carbamates (subject to hydrolysis) is 1. The SMILES string of the molecule is CC(ONC(=O)CC1(NC(=O)OCC2c3ccccc3-c3ccccc32)CCOCC1)C(=O)O. The van der Waals surface area contributed by atoms with Crippen molar-refractivity contribution in [3.8, 4) is 11.1 Å². The second kappa shape index (κ2) is 10.2. The van der Waals surface area contributed by atoms with E-state index in [9.17, 15) is 14.4 Å². The van der Waals surface area contributed by atoms with Crippen LogP contribution in [0.3, 0.4) is 0 Å². The van der Waals surface area contributed by atoms with Gasteiger partial charge in [0.05, 0.1) is 12.0 Å². The van der Waals surface area contributed by atoms with Crippen LogP contribution in [0.4, 0.5) is 4.79 Å². The molecular weight excluding hydrogens is 440 g/mol. The number of hydroxylamine groups is 1. The van der Waals surface area contributed by atoms with Crippen LogP contribution in [0.15, 0.2) is 48.5 Å². The van der Waals surface area contributed by atoms with Crippen LogP contribution in [0.25, 0.3) is 11.1 Å². The molecule has 0 radical (unpaired) electrons. The number of benzene rings is 2. The maximum absolute atomic E-state index is 12.8. The minimum Gasteiger partial charge on any atom is -0.479 e. The highest BCUT2D eigenvalue weighted by atomic mass is 16.7. The molecule has 2 amide bonds. The number of carbonyl (C=O) groups is 3. The number of fused-ring (bicyclic) bond motifs is 3. The van der Waals surface area contributed by atoms with Gasteiger partial charge >= 0.3 is 12.1 Å². The monoisotopic (exact) mass is 468 g/mol. The van der Waals surface area contributed by atoms with Crippen molar-refractivity contribution in [2.24, 2.45) is 0 Å². The number of ether oxygens (including phenoxy) is 2. The van der Waals surface area contributed by atoms with E-state index in [1.807, 2.05) is 36.4 Å². The van der Waals surface area contributed by atoms with Gasteiger partial charge in [-0.05, 0) is 42.0 Å². The molecule has 1 aliphatic carbocycles. The van der Waals surface area contributed by atoms with E-state index in [1.165, 1.54) is 6.92 Å². The highest BCUT2D eigenvalue weighted by molar-refractivity contribution is 5.80. The number of carboxylic acids is 1. The lowest BCUT2D eigenvalue weighted by Gasteiger charge is -2.37. The third-order valence-corrected chi connectivity index (χ3v) is 6.36. The lowest BCUT2D eigenvalue weighted by Crippen LogP contribution is -2.54. The zero-order valence-corrected chi connectivity index (χ0v) is 18.9. The Balaban J connectivity index is 1.39. The molecule has 0 aromatic heterocycles. The predicted octanol–water partition coefficient (Wildman–Crippen LogP) is 2.99. The largest absolute Gasteiger partial charge is 0.479 e. The lowest BCUT2D eigenvalue weighted by molar-refractivity contribution is -0.159. The van der Waals surface area contributed by atoms with E-state index in [-0.39, 0.29) is 18.9 Å². The van der Waals surface area contributed by atoms with E-state index in [0.717, 1.165) is 22.3 Å². The maximum atomic E-state index is 12.8. The van der Waals surface area contributed by atoms with Crippen molar-refractivity contribution in [1.29, 1.82) is 0 Å². The van der Waals surface area contributed by atoms with Crippen molar-refractivity contribution in [1.82, 2.24) is 10.8 Å². The Morgan fingerprint density at radius 3 is 2.24 bits per heavy atom. The number of carbonyl (C=O) groups excluding carboxylic acids is 2. The number of aliphatic carboxylic acids is 1. The summed E-state index contributed by atoms with van der Waals surface area (Å²) in [5.74, 6) is -1.80. The van der Waals surface area contributed by atoms with Crippen molar-refractivity contribution >= 4 is 18.0 Å². The van der Waals surface area contributed by atoms with Crippen LogP contribution in [-0.2, 0) is 23.9 Å². The molecule has 9 nitrogen and oxygen atoms in total. The molecule has 1 saturated heterocycles. The number of carboxylic acid groups (broad SMARTS) is 1. The first kappa shape index (κ1) is 23.7. The van der Waals surface area contributed by atoms with E-state index < -0.39 is 29.6 Å². The van der Waals surface area contributed by atoms with Gasteiger partial charge in [-0.2, -0.15) is 0 Å². The van der Waals surface area contributed by atoms with Crippen molar-refractivity contribution in [2.45, 2.75) is 43.7 Å². The molecule has 0 bridgehead atoms. The standard InChI is InChI=1S/C25H28N2O7/c1-16(23(29)30)34-27-22(28)14-25(10-12-32-13-11-25)26-24(31)33-15-21-19-8-4-2-6-17(19)18-7-3-5-9-20(18)21/h2-9,16,21H,10-15H2,1H3,(H,26,31)(H,27,28)(H,29,30). The third kappa shape index (κ3) is 5.21. The van der Waals surface area contributed by atoms with Crippen LogP contribution >= 0.6 is 0 Å². The molecule has 2 aromatic carbocycles. The van der Waals surface area contributed by atoms with Gasteiger partial charge in [0, 0.05) is 19.1 Å². The fourth-order valence-electron chi connectivity index (χ4n) is 4.51. The minimum atomic E-state index is -1.20. The number of amides is 2. The molecule has 1 heterocycles. The van der Waals surface area contributed by atoms with Crippen molar-refractivity contribution < 1.29 is 33.8 Å². The smallest absolute Gasteiger partial charge is 0.407 e. The van der Waals surface area contributed by atoms with Gasteiger partial charge in [0.15, 0.2) is 6.10 Å². The van der Waals surface area contributed by atoms with E-state index >= 15 is 0 Å². The topological polar surface area (TPSA) is 123 Å². The molecule has 2 aromatic rings. The summed E-state index contributed by atoms with van der Waals surface area (Å²) in [6.45, 7) is 2.23. The molecular formula is C25H28N2O7. The van der Waals surface area contributed by atoms with Gasteiger partial charge in [0.2, 0.25) is 5.91 Å². The van der Waals surface area contributed by atoms with E-state index in [1.54, 1.807) is 0 Å². The Hall–Kier alpha value is -3.43. The number of hydrogen-bond donors (Lipinski definition) is 3. The number of nitrogens with one attached hydrogen (secondary N) is 2. The highest BCUT2D eigenvalue weighted by Crippen LogP contribution is 2.44. The Bertz CT molecular complexity index is 1020. The molecule has 1 atom stereocenters. The van der Waals surface area contributed by atoms with Crippen LogP contribution in [0.1, 0.15) is 43.2 Å². The second-order valence-electron chi connectivity index (χ2n) is 8.64. The van der Waals surface area contributed by atoms with E-state index in [0.29, 0.717) is 26.1 Å². The van der Waals surface area contributed by atoms with E-state index in [4.69, 9.17) is 19.4 Å². The summed E-state index contributed by atoms with van der Waals surface area (Å²) in [6.07, 6.45) is -1.06. The Labute approximate surface area is 197 Å². The third-order valence-electron chi connectivity index (χ3n) is 6.36. The lowest BCUT2D eigenvalue weighted by atomic mass is 9.86. The molecule has 180 valence electrons. The maximum Gasteiger partial charge on any atom is 0.407 e. The minimum absolute atomic E-state index is 0.0713. The average Bonchev–Trinajstić information content (AvgIpc) is 3.15.